The van der Waals surface area contributed by atoms with Crippen LogP contribution >= 0.6 is 11.3 Å². The van der Waals surface area contributed by atoms with Crippen molar-refractivity contribution in [2.45, 2.75) is 25.8 Å². The molecule has 1 N–H and O–H groups in total. The summed E-state index contributed by atoms with van der Waals surface area (Å²) in [6.45, 7) is 4.03. The predicted octanol–water partition coefficient (Wildman–Crippen LogP) is 5.45. The lowest BCUT2D eigenvalue weighted by molar-refractivity contribution is -0.132. The number of ketones is 1. The second kappa shape index (κ2) is 8.96. The Hall–Kier alpha value is -4.04. The summed E-state index contributed by atoms with van der Waals surface area (Å²) in [4.78, 5) is 37.1. The van der Waals surface area contributed by atoms with Gasteiger partial charge in [-0.3, -0.25) is 19.5 Å². The molecule has 1 fully saturated rings. The highest BCUT2D eigenvalue weighted by Crippen LogP contribution is 2.44. The molecule has 3 heterocycles. The average molecular weight is 486 g/mol. The van der Waals surface area contributed by atoms with Gasteiger partial charge in [0.15, 0.2) is 5.13 Å². The number of aliphatic hydroxyl groups is 1. The van der Waals surface area contributed by atoms with Gasteiger partial charge < -0.3 is 9.84 Å². The lowest BCUT2D eigenvalue weighted by Crippen LogP contribution is -2.29. The van der Waals surface area contributed by atoms with Crippen molar-refractivity contribution in [3.05, 3.63) is 89.3 Å². The molecule has 4 aromatic rings. The van der Waals surface area contributed by atoms with Crippen LogP contribution < -0.4 is 9.64 Å². The summed E-state index contributed by atoms with van der Waals surface area (Å²) in [5.74, 6) is -0.979. The van der Waals surface area contributed by atoms with E-state index in [1.54, 1.807) is 49.7 Å². The Morgan fingerprint density at radius 2 is 1.86 bits per heavy atom. The standard InChI is InChI=1S/C27H23N3O4S/c1-15(2)17-14-16(11-12-20(17)34-3)24(31)22-23(19-9-6-7-13-28-19)30(26(33)25(22)32)27-29-18-8-4-5-10-21(18)35-27/h4-15,23,31H,1-3H3/b24-22+. The number of thiazole rings is 1. The Bertz CT molecular complexity index is 1440. The number of Topliss-reactive ketones (excluding diaryl/α,β-unsaturated/α-hetero) is 1. The molecule has 0 spiro atoms. The van der Waals surface area contributed by atoms with Gasteiger partial charge in [0.05, 0.1) is 28.6 Å². The number of ether oxygens (including phenoxy) is 1. The van der Waals surface area contributed by atoms with E-state index in [4.69, 9.17) is 4.74 Å². The Morgan fingerprint density at radius 1 is 1.09 bits per heavy atom. The molecule has 7 nitrogen and oxygen atoms in total. The van der Waals surface area contributed by atoms with E-state index in [1.807, 2.05) is 38.1 Å². The summed E-state index contributed by atoms with van der Waals surface area (Å²) < 4.78 is 6.35. The van der Waals surface area contributed by atoms with E-state index in [-0.39, 0.29) is 17.3 Å². The maximum Gasteiger partial charge on any atom is 0.301 e. The number of hydrogen-bond donors (Lipinski definition) is 1. The summed E-state index contributed by atoms with van der Waals surface area (Å²) in [5, 5.41) is 11.8. The first-order valence-electron chi connectivity index (χ1n) is 11.2. The van der Waals surface area contributed by atoms with E-state index in [1.165, 1.54) is 16.2 Å². The zero-order valence-electron chi connectivity index (χ0n) is 19.4. The molecule has 1 saturated heterocycles. The highest BCUT2D eigenvalue weighted by Gasteiger charge is 2.48. The largest absolute Gasteiger partial charge is 0.507 e. The Morgan fingerprint density at radius 3 is 2.54 bits per heavy atom. The fraction of sp³-hybridized carbons (Fsp3) is 0.185. The summed E-state index contributed by atoms with van der Waals surface area (Å²) in [7, 11) is 1.59. The van der Waals surface area contributed by atoms with Crippen LogP contribution in [0.25, 0.3) is 16.0 Å². The molecule has 2 aromatic carbocycles. The summed E-state index contributed by atoms with van der Waals surface area (Å²) >= 11 is 1.31. The lowest BCUT2D eigenvalue weighted by Gasteiger charge is -2.22. The number of nitrogens with zero attached hydrogens (tertiary/aromatic N) is 3. The van der Waals surface area contributed by atoms with Crippen LogP contribution in [0.5, 0.6) is 5.75 Å². The van der Waals surface area contributed by atoms with Gasteiger partial charge in [-0.25, -0.2) is 4.98 Å². The van der Waals surface area contributed by atoms with Crippen LogP contribution in [-0.2, 0) is 9.59 Å². The second-order valence-corrected chi connectivity index (χ2v) is 9.51. The number of hydrogen-bond acceptors (Lipinski definition) is 7. The molecule has 35 heavy (non-hydrogen) atoms. The Labute approximate surface area is 206 Å². The molecule has 176 valence electrons. The van der Waals surface area contributed by atoms with E-state index in [0.717, 1.165) is 15.8 Å². The molecule has 1 unspecified atom stereocenters. The van der Waals surface area contributed by atoms with Crippen molar-refractivity contribution < 1.29 is 19.4 Å². The number of anilines is 1. The molecule has 8 heteroatoms. The normalized spacial score (nSPS) is 17.5. The van der Waals surface area contributed by atoms with Gasteiger partial charge in [0.1, 0.15) is 17.6 Å². The van der Waals surface area contributed by atoms with Crippen molar-refractivity contribution in [3.8, 4) is 5.75 Å². The minimum absolute atomic E-state index is 0.0205. The van der Waals surface area contributed by atoms with E-state index in [0.29, 0.717) is 22.1 Å². The zero-order chi connectivity index (χ0) is 24.7. The van der Waals surface area contributed by atoms with Crippen LogP contribution in [0.1, 0.15) is 42.6 Å². The first-order valence-corrected chi connectivity index (χ1v) is 12.0. The number of fused-ring (bicyclic) bond motifs is 1. The predicted molar refractivity (Wildman–Crippen MR) is 136 cm³/mol. The maximum absolute atomic E-state index is 13.4. The van der Waals surface area contributed by atoms with Crippen LogP contribution in [0, 0.1) is 0 Å². The van der Waals surface area contributed by atoms with Crippen LogP contribution in [0.3, 0.4) is 0 Å². The molecule has 0 radical (unpaired) electrons. The van der Waals surface area contributed by atoms with Gasteiger partial charge in [-0.1, -0.05) is 43.4 Å². The molecule has 1 atom stereocenters. The first kappa shape index (κ1) is 22.7. The number of rotatable bonds is 5. The van der Waals surface area contributed by atoms with Crippen LogP contribution in [0.15, 0.2) is 72.4 Å². The van der Waals surface area contributed by atoms with Crippen LogP contribution in [-0.4, -0.2) is 33.9 Å². The molecule has 1 aliphatic heterocycles. The van der Waals surface area contributed by atoms with Gasteiger partial charge >= 0.3 is 5.91 Å². The first-order chi connectivity index (χ1) is 16.9. The van der Waals surface area contributed by atoms with E-state index in [2.05, 4.69) is 9.97 Å². The van der Waals surface area contributed by atoms with E-state index < -0.39 is 17.7 Å². The summed E-state index contributed by atoms with van der Waals surface area (Å²) in [6, 6.07) is 17.1. The maximum atomic E-state index is 13.4. The highest BCUT2D eigenvalue weighted by molar-refractivity contribution is 7.22. The molecule has 2 aromatic heterocycles. The molecule has 1 aliphatic rings. The third kappa shape index (κ3) is 3.85. The quantitative estimate of drug-likeness (QED) is 0.230. The third-order valence-electron chi connectivity index (χ3n) is 6.03. The summed E-state index contributed by atoms with van der Waals surface area (Å²) in [5.41, 5.74) is 2.48. The van der Waals surface area contributed by atoms with Gasteiger partial charge in [0.25, 0.3) is 5.78 Å². The molecular formula is C27H23N3O4S. The molecule has 0 saturated carbocycles. The number of pyridine rings is 1. The molecular weight excluding hydrogens is 462 g/mol. The number of benzene rings is 2. The number of aromatic nitrogens is 2. The van der Waals surface area contributed by atoms with Crippen molar-refractivity contribution >= 4 is 44.1 Å². The van der Waals surface area contributed by atoms with Gasteiger partial charge in [-0.05, 0) is 53.9 Å². The fourth-order valence-electron chi connectivity index (χ4n) is 4.30. The lowest BCUT2D eigenvalue weighted by atomic mass is 9.94. The zero-order valence-corrected chi connectivity index (χ0v) is 20.2. The van der Waals surface area contributed by atoms with Gasteiger partial charge in [-0.2, -0.15) is 0 Å². The van der Waals surface area contributed by atoms with Crippen molar-refractivity contribution in [2.24, 2.45) is 0 Å². The average Bonchev–Trinajstić information content (AvgIpc) is 3.42. The number of methoxy groups -OCH3 is 1. The van der Waals surface area contributed by atoms with Crippen molar-refractivity contribution in [1.29, 1.82) is 0 Å². The highest BCUT2D eigenvalue weighted by atomic mass is 32.1. The van der Waals surface area contributed by atoms with Crippen molar-refractivity contribution in [2.75, 3.05) is 12.0 Å². The number of carbonyl (C=O) groups is 2. The third-order valence-corrected chi connectivity index (χ3v) is 7.06. The fourth-order valence-corrected chi connectivity index (χ4v) is 5.29. The number of amides is 1. The Kier molecular flexibility index (Phi) is 5.82. The van der Waals surface area contributed by atoms with Crippen LogP contribution in [0.4, 0.5) is 5.13 Å². The van der Waals surface area contributed by atoms with Crippen LogP contribution in [0.2, 0.25) is 0 Å². The van der Waals surface area contributed by atoms with E-state index >= 15 is 0 Å². The smallest absolute Gasteiger partial charge is 0.301 e. The number of para-hydroxylation sites is 1. The molecule has 5 rings (SSSR count). The van der Waals surface area contributed by atoms with Gasteiger partial charge in [-0.15, -0.1) is 0 Å². The minimum Gasteiger partial charge on any atom is -0.507 e. The SMILES string of the molecule is COc1ccc(/C(O)=C2\C(=O)C(=O)N(c3nc4ccccc4s3)C2c2ccccn2)cc1C(C)C. The number of aliphatic hydroxyl groups excluding tert-OH is 1. The topological polar surface area (TPSA) is 92.6 Å². The minimum atomic E-state index is -0.915. The molecule has 1 amide bonds. The Balaban J connectivity index is 1.72. The van der Waals surface area contributed by atoms with Gasteiger partial charge in [0.2, 0.25) is 0 Å². The van der Waals surface area contributed by atoms with Gasteiger partial charge in [0, 0.05) is 11.8 Å². The van der Waals surface area contributed by atoms with Crippen molar-refractivity contribution in [3.63, 3.8) is 0 Å². The second-order valence-electron chi connectivity index (χ2n) is 8.50. The van der Waals surface area contributed by atoms with E-state index in [9.17, 15) is 14.7 Å². The van der Waals surface area contributed by atoms with Crippen molar-refractivity contribution in [1.82, 2.24) is 9.97 Å². The summed E-state index contributed by atoms with van der Waals surface area (Å²) in [6.07, 6.45) is 1.60. The molecule has 0 bridgehead atoms. The number of carbonyl (C=O) groups excluding carboxylic acids is 2. The molecule has 0 aliphatic carbocycles. The monoisotopic (exact) mass is 485 g/mol.